The quantitative estimate of drug-likeness (QED) is 0.727. The van der Waals surface area contributed by atoms with Crippen molar-refractivity contribution in [1.29, 1.82) is 0 Å². The van der Waals surface area contributed by atoms with E-state index >= 15 is 0 Å². The van der Waals surface area contributed by atoms with Crippen molar-refractivity contribution in [2.75, 3.05) is 19.7 Å². The summed E-state index contributed by atoms with van der Waals surface area (Å²) in [6.07, 6.45) is 1.55. The van der Waals surface area contributed by atoms with Gasteiger partial charge in [-0.05, 0) is 38.0 Å². The summed E-state index contributed by atoms with van der Waals surface area (Å²) < 4.78 is 32.4. The van der Waals surface area contributed by atoms with Crippen LogP contribution in [0.2, 0.25) is 0 Å². The van der Waals surface area contributed by atoms with Gasteiger partial charge in [0.2, 0.25) is 10.0 Å². The van der Waals surface area contributed by atoms with E-state index in [1.54, 1.807) is 13.0 Å². The zero-order valence-corrected chi connectivity index (χ0v) is 15.9. The molecule has 1 aromatic rings. The fourth-order valence-electron chi connectivity index (χ4n) is 2.54. The van der Waals surface area contributed by atoms with Gasteiger partial charge in [0, 0.05) is 23.6 Å². The van der Waals surface area contributed by atoms with Gasteiger partial charge in [-0.3, -0.25) is 0 Å². The topological polar surface area (TPSA) is 89.7 Å². The summed E-state index contributed by atoms with van der Waals surface area (Å²) in [4.78, 5) is 11.9. The van der Waals surface area contributed by atoms with Crippen LogP contribution in [-0.4, -0.2) is 44.4 Å². The molecule has 1 unspecified atom stereocenters. The minimum Gasteiger partial charge on any atom is -0.462 e. The van der Waals surface area contributed by atoms with E-state index in [4.69, 9.17) is 10.5 Å². The second-order valence-corrected chi connectivity index (χ2v) is 7.85. The fraction of sp³-hybridized carbons (Fsp3) is 0.500. The van der Waals surface area contributed by atoms with Gasteiger partial charge in [-0.1, -0.05) is 15.9 Å². The Kier molecular flexibility index (Phi) is 7.47. The molecule has 2 rings (SSSR count). The predicted molar refractivity (Wildman–Crippen MR) is 93.3 cm³/mol. The van der Waals surface area contributed by atoms with Gasteiger partial charge in [0.1, 0.15) is 0 Å². The van der Waals surface area contributed by atoms with E-state index < -0.39 is 16.0 Å². The van der Waals surface area contributed by atoms with Crippen molar-refractivity contribution in [1.82, 2.24) is 4.31 Å². The van der Waals surface area contributed by atoms with Crippen LogP contribution in [-0.2, 0) is 14.8 Å². The molecule has 9 heteroatoms. The SMILES string of the molecule is CCOC(=O)c1cc(Br)cc(S(=O)(=O)N2CCCC2CN)c1.Cl. The van der Waals surface area contributed by atoms with Crippen LogP contribution in [0.15, 0.2) is 27.6 Å². The van der Waals surface area contributed by atoms with Gasteiger partial charge in [-0.15, -0.1) is 12.4 Å². The summed E-state index contributed by atoms with van der Waals surface area (Å²) in [6.45, 7) is 2.67. The third kappa shape index (κ3) is 4.45. The lowest BCUT2D eigenvalue weighted by Gasteiger charge is -2.23. The summed E-state index contributed by atoms with van der Waals surface area (Å²) >= 11 is 3.25. The lowest BCUT2D eigenvalue weighted by Crippen LogP contribution is -2.39. The number of esters is 1. The minimum absolute atomic E-state index is 0. The van der Waals surface area contributed by atoms with Crippen molar-refractivity contribution in [3.63, 3.8) is 0 Å². The molecular weight excluding hydrogens is 408 g/mol. The largest absolute Gasteiger partial charge is 0.462 e. The zero-order chi connectivity index (χ0) is 16.3. The van der Waals surface area contributed by atoms with Crippen LogP contribution in [0.25, 0.3) is 0 Å². The molecule has 1 aliphatic rings. The van der Waals surface area contributed by atoms with Crippen LogP contribution in [0.1, 0.15) is 30.1 Å². The van der Waals surface area contributed by atoms with Crippen LogP contribution < -0.4 is 5.73 Å². The Hall–Kier alpha value is -0.670. The molecule has 6 nitrogen and oxygen atoms in total. The van der Waals surface area contributed by atoms with E-state index in [1.807, 2.05) is 0 Å². The van der Waals surface area contributed by atoms with Crippen LogP contribution in [0.4, 0.5) is 0 Å². The molecule has 2 N–H and O–H groups in total. The van der Waals surface area contributed by atoms with Gasteiger partial charge in [-0.25, -0.2) is 13.2 Å². The molecule has 0 bridgehead atoms. The Labute approximate surface area is 151 Å². The van der Waals surface area contributed by atoms with E-state index in [2.05, 4.69) is 15.9 Å². The molecule has 0 radical (unpaired) electrons. The number of nitrogens with two attached hydrogens (primary N) is 1. The molecule has 0 saturated carbocycles. The number of benzene rings is 1. The monoisotopic (exact) mass is 426 g/mol. The summed E-state index contributed by atoms with van der Waals surface area (Å²) in [5, 5.41) is 0. The first-order chi connectivity index (χ1) is 10.4. The Balaban J connectivity index is 0.00000264. The Morgan fingerprint density at radius 3 is 2.74 bits per heavy atom. The van der Waals surface area contributed by atoms with Crippen molar-refractivity contribution in [2.45, 2.75) is 30.7 Å². The highest BCUT2D eigenvalue weighted by molar-refractivity contribution is 9.10. The number of ether oxygens (including phenoxy) is 1. The third-order valence-electron chi connectivity index (χ3n) is 3.58. The number of halogens is 2. The summed E-state index contributed by atoms with van der Waals surface area (Å²) in [6, 6.07) is 4.20. The number of carbonyl (C=O) groups is 1. The fourth-order valence-corrected chi connectivity index (χ4v) is 4.96. The van der Waals surface area contributed by atoms with Gasteiger partial charge >= 0.3 is 5.97 Å². The molecule has 1 atom stereocenters. The Bertz CT molecular complexity index is 669. The molecule has 1 fully saturated rings. The van der Waals surface area contributed by atoms with Crippen LogP contribution in [0.5, 0.6) is 0 Å². The molecular formula is C14H20BrClN2O4S. The molecule has 1 heterocycles. The smallest absolute Gasteiger partial charge is 0.338 e. The first kappa shape index (κ1) is 20.4. The molecule has 0 spiro atoms. The highest BCUT2D eigenvalue weighted by atomic mass is 79.9. The number of carbonyl (C=O) groups excluding carboxylic acids is 1. The van der Waals surface area contributed by atoms with Crippen LogP contribution in [0.3, 0.4) is 0 Å². The summed E-state index contributed by atoms with van der Waals surface area (Å²) in [5.74, 6) is -0.544. The van der Waals surface area contributed by atoms with E-state index in [1.165, 1.54) is 16.4 Å². The van der Waals surface area contributed by atoms with E-state index in [0.717, 1.165) is 12.8 Å². The third-order valence-corrected chi connectivity index (χ3v) is 5.97. The first-order valence-electron chi connectivity index (χ1n) is 7.09. The molecule has 0 aromatic heterocycles. The first-order valence-corrected chi connectivity index (χ1v) is 9.33. The van der Waals surface area contributed by atoms with Crippen molar-refractivity contribution in [3.8, 4) is 0 Å². The highest BCUT2D eigenvalue weighted by Crippen LogP contribution is 2.28. The zero-order valence-electron chi connectivity index (χ0n) is 12.7. The lowest BCUT2D eigenvalue weighted by atomic mass is 10.2. The number of hydrogen-bond acceptors (Lipinski definition) is 5. The molecule has 0 aliphatic carbocycles. The molecule has 23 heavy (non-hydrogen) atoms. The molecule has 1 aliphatic heterocycles. The maximum atomic E-state index is 12.8. The summed E-state index contributed by atoms with van der Waals surface area (Å²) in [5.41, 5.74) is 5.86. The number of sulfonamides is 1. The number of nitrogens with zero attached hydrogens (tertiary/aromatic N) is 1. The van der Waals surface area contributed by atoms with Crippen molar-refractivity contribution in [3.05, 3.63) is 28.2 Å². The summed E-state index contributed by atoms with van der Waals surface area (Å²) in [7, 11) is -3.68. The van der Waals surface area contributed by atoms with E-state index in [0.29, 0.717) is 11.0 Å². The van der Waals surface area contributed by atoms with Gasteiger partial charge in [0.05, 0.1) is 17.1 Å². The second kappa shape index (κ2) is 8.43. The van der Waals surface area contributed by atoms with E-state index in [9.17, 15) is 13.2 Å². The van der Waals surface area contributed by atoms with Crippen LogP contribution >= 0.6 is 28.3 Å². The predicted octanol–water partition coefficient (Wildman–Crippen LogP) is 2.16. The Morgan fingerprint density at radius 1 is 1.43 bits per heavy atom. The molecule has 130 valence electrons. The number of hydrogen-bond donors (Lipinski definition) is 1. The van der Waals surface area contributed by atoms with Crippen molar-refractivity contribution in [2.24, 2.45) is 5.73 Å². The minimum atomic E-state index is -3.68. The van der Waals surface area contributed by atoms with E-state index in [-0.39, 0.29) is 42.1 Å². The normalized spacial score (nSPS) is 18.5. The van der Waals surface area contributed by atoms with Crippen molar-refractivity contribution >= 4 is 44.3 Å². The van der Waals surface area contributed by atoms with Gasteiger partial charge in [0.15, 0.2) is 0 Å². The highest BCUT2D eigenvalue weighted by Gasteiger charge is 2.35. The van der Waals surface area contributed by atoms with Crippen LogP contribution in [0, 0.1) is 0 Å². The Morgan fingerprint density at radius 2 is 2.13 bits per heavy atom. The standard InChI is InChI=1S/C14H19BrN2O4S.ClH/c1-2-21-14(18)10-6-11(15)8-13(7-10)22(19,20)17-5-3-4-12(17)9-16;/h6-8,12H,2-5,9,16H2,1H3;1H. The molecule has 0 amide bonds. The van der Waals surface area contributed by atoms with Gasteiger partial charge in [-0.2, -0.15) is 4.31 Å². The van der Waals surface area contributed by atoms with Gasteiger partial charge < -0.3 is 10.5 Å². The van der Waals surface area contributed by atoms with Crippen molar-refractivity contribution < 1.29 is 17.9 Å². The maximum absolute atomic E-state index is 12.8. The molecule has 1 saturated heterocycles. The second-order valence-electron chi connectivity index (χ2n) is 5.04. The molecule has 1 aromatic carbocycles. The lowest BCUT2D eigenvalue weighted by molar-refractivity contribution is 0.0526. The average Bonchev–Trinajstić information content (AvgIpc) is 2.96. The maximum Gasteiger partial charge on any atom is 0.338 e. The number of rotatable bonds is 5. The van der Waals surface area contributed by atoms with Gasteiger partial charge in [0.25, 0.3) is 0 Å². The average molecular weight is 428 g/mol.